The molecule has 0 spiro atoms. The van der Waals surface area contributed by atoms with Crippen molar-refractivity contribution >= 4 is 34.9 Å². The van der Waals surface area contributed by atoms with Gasteiger partial charge in [-0.15, -0.1) is 0 Å². The third-order valence-corrected chi connectivity index (χ3v) is 3.81. The van der Waals surface area contributed by atoms with Crippen LogP contribution in [0.2, 0.25) is 5.02 Å². The highest BCUT2D eigenvalue weighted by Gasteiger charge is 2.14. The van der Waals surface area contributed by atoms with E-state index in [4.69, 9.17) is 11.6 Å². The first kappa shape index (κ1) is 20.2. The Morgan fingerprint density at radius 3 is 2.37 bits per heavy atom. The minimum absolute atomic E-state index is 0.0115. The summed E-state index contributed by atoms with van der Waals surface area (Å²) in [5, 5.41) is 18.8. The van der Waals surface area contributed by atoms with Crippen molar-refractivity contribution in [1.29, 1.82) is 0 Å². The summed E-state index contributed by atoms with van der Waals surface area (Å²) in [7, 11) is 0. The quantitative estimate of drug-likeness (QED) is 0.515. The molecule has 0 saturated carbocycles. The topological polar surface area (TPSA) is 113 Å². The second kappa shape index (κ2) is 9.00. The Morgan fingerprint density at radius 1 is 1.15 bits per heavy atom. The van der Waals surface area contributed by atoms with Crippen LogP contribution >= 0.6 is 11.6 Å². The predicted molar refractivity (Wildman–Crippen MR) is 103 cm³/mol. The van der Waals surface area contributed by atoms with Crippen molar-refractivity contribution in [2.75, 3.05) is 5.32 Å². The number of anilines is 1. The van der Waals surface area contributed by atoms with Gasteiger partial charge in [0, 0.05) is 30.4 Å². The zero-order valence-corrected chi connectivity index (χ0v) is 15.5. The van der Waals surface area contributed by atoms with Crippen LogP contribution in [-0.2, 0) is 6.54 Å². The van der Waals surface area contributed by atoms with E-state index in [1.807, 2.05) is 13.8 Å². The lowest BCUT2D eigenvalue weighted by Gasteiger charge is -2.11. The minimum atomic E-state index is -0.579. The molecule has 2 aromatic carbocycles. The smallest absolute Gasteiger partial charge is 0.319 e. The van der Waals surface area contributed by atoms with Crippen LogP contribution in [0.1, 0.15) is 29.8 Å². The van der Waals surface area contributed by atoms with E-state index < -0.39 is 10.8 Å². The molecule has 0 aromatic heterocycles. The number of non-ortho nitro benzene ring substituents is 1. The average Bonchev–Trinajstić information content (AvgIpc) is 2.60. The van der Waals surface area contributed by atoms with E-state index in [-0.39, 0.29) is 34.9 Å². The van der Waals surface area contributed by atoms with Gasteiger partial charge in [-0.05, 0) is 37.6 Å². The summed E-state index contributed by atoms with van der Waals surface area (Å²) in [6.07, 6.45) is 0. The average molecular weight is 391 g/mol. The minimum Gasteiger partial charge on any atom is -0.348 e. The number of carbonyl (C=O) groups is 2. The summed E-state index contributed by atoms with van der Waals surface area (Å²) in [6.45, 7) is 3.97. The first-order valence-electron chi connectivity index (χ1n) is 8.15. The molecule has 8 nitrogen and oxygen atoms in total. The number of benzene rings is 2. The van der Waals surface area contributed by atoms with Gasteiger partial charge in [-0.2, -0.15) is 0 Å². The maximum absolute atomic E-state index is 12.2. The molecule has 0 unspecified atom stereocenters. The van der Waals surface area contributed by atoms with Gasteiger partial charge in [0.15, 0.2) is 0 Å². The number of carbonyl (C=O) groups excluding carboxylic acids is 2. The molecule has 0 bridgehead atoms. The lowest BCUT2D eigenvalue weighted by molar-refractivity contribution is -0.384. The first-order valence-corrected chi connectivity index (χ1v) is 8.52. The van der Waals surface area contributed by atoms with E-state index >= 15 is 0 Å². The Labute approximate surface area is 161 Å². The van der Waals surface area contributed by atoms with Crippen molar-refractivity contribution in [3.63, 3.8) is 0 Å². The molecular weight excluding hydrogens is 372 g/mol. The van der Waals surface area contributed by atoms with E-state index in [1.54, 1.807) is 24.3 Å². The van der Waals surface area contributed by atoms with Crippen LogP contribution < -0.4 is 16.0 Å². The highest BCUT2D eigenvalue weighted by molar-refractivity contribution is 6.34. The summed E-state index contributed by atoms with van der Waals surface area (Å²) in [5.41, 5.74) is 1.42. The maximum Gasteiger partial charge on any atom is 0.319 e. The van der Waals surface area contributed by atoms with Crippen molar-refractivity contribution < 1.29 is 14.5 Å². The van der Waals surface area contributed by atoms with Crippen LogP contribution in [0, 0.1) is 10.1 Å². The molecular formula is C18H19ClN4O4. The van der Waals surface area contributed by atoms with Crippen molar-refractivity contribution in [3.8, 4) is 0 Å². The van der Waals surface area contributed by atoms with E-state index in [2.05, 4.69) is 16.0 Å². The predicted octanol–water partition coefficient (Wildman–Crippen LogP) is 3.71. The number of hydrogen-bond acceptors (Lipinski definition) is 4. The van der Waals surface area contributed by atoms with Gasteiger partial charge in [0.2, 0.25) is 0 Å². The van der Waals surface area contributed by atoms with Crippen LogP contribution in [0.25, 0.3) is 0 Å². The zero-order chi connectivity index (χ0) is 20.0. The molecule has 9 heteroatoms. The molecule has 0 aliphatic carbocycles. The maximum atomic E-state index is 12.2. The molecule has 3 amide bonds. The fourth-order valence-corrected chi connectivity index (χ4v) is 2.48. The van der Waals surface area contributed by atoms with Crippen molar-refractivity contribution in [3.05, 3.63) is 68.7 Å². The van der Waals surface area contributed by atoms with Gasteiger partial charge >= 0.3 is 6.03 Å². The number of urea groups is 1. The SMILES string of the molecule is CC(C)NC(=O)Nc1ccc(CNC(=O)c2ccc([N+](=O)[O-])cc2Cl)cc1. The highest BCUT2D eigenvalue weighted by atomic mass is 35.5. The monoisotopic (exact) mass is 390 g/mol. The molecule has 0 aliphatic rings. The third-order valence-electron chi connectivity index (χ3n) is 3.49. The van der Waals surface area contributed by atoms with Gasteiger partial charge < -0.3 is 16.0 Å². The summed E-state index contributed by atoms with van der Waals surface area (Å²) in [4.78, 5) is 34.0. The second-order valence-corrected chi connectivity index (χ2v) is 6.46. The number of nitrogens with one attached hydrogen (secondary N) is 3. The van der Waals surface area contributed by atoms with E-state index in [0.717, 1.165) is 11.6 Å². The molecule has 0 fully saturated rings. The van der Waals surface area contributed by atoms with E-state index in [0.29, 0.717) is 5.69 Å². The number of hydrogen-bond donors (Lipinski definition) is 3. The molecule has 2 aromatic rings. The molecule has 0 heterocycles. The summed E-state index contributed by atoms with van der Waals surface area (Å²) < 4.78 is 0. The standard InChI is InChI=1S/C18H19ClN4O4/c1-11(2)21-18(25)22-13-5-3-12(4-6-13)10-20-17(24)15-8-7-14(23(26)27)9-16(15)19/h3-9,11H,10H2,1-2H3,(H,20,24)(H2,21,22,25). The number of nitro groups is 1. The summed E-state index contributed by atoms with van der Waals surface area (Å²) in [6, 6.07) is 10.4. The van der Waals surface area contributed by atoms with Gasteiger partial charge in [0.25, 0.3) is 11.6 Å². The number of nitrogens with zero attached hydrogens (tertiary/aromatic N) is 1. The number of halogens is 1. The van der Waals surface area contributed by atoms with Crippen LogP contribution in [0.5, 0.6) is 0 Å². The van der Waals surface area contributed by atoms with Crippen molar-refractivity contribution in [2.24, 2.45) is 0 Å². The highest BCUT2D eigenvalue weighted by Crippen LogP contribution is 2.22. The fraction of sp³-hybridized carbons (Fsp3) is 0.222. The summed E-state index contributed by atoms with van der Waals surface area (Å²) in [5.74, 6) is -0.437. The Balaban J connectivity index is 1.93. The van der Waals surface area contributed by atoms with Crippen LogP contribution in [0.15, 0.2) is 42.5 Å². The lowest BCUT2D eigenvalue weighted by atomic mass is 10.1. The molecule has 27 heavy (non-hydrogen) atoms. The number of nitro benzene ring substituents is 1. The van der Waals surface area contributed by atoms with E-state index in [9.17, 15) is 19.7 Å². The molecule has 2 rings (SSSR count). The molecule has 0 aliphatic heterocycles. The molecule has 0 saturated heterocycles. The number of rotatable bonds is 6. The van der Waals surface area contributed by atoms with Gasteiger partial charge in [-0.3, -0.25) is 14.9 Å². The number of amides is 3. The Bertz CT molecular complexity index is 853. The molecule has 0 atom stereocenters. The van der Waals surface area contributed by atoms with Gasteiger partial charge in [0.1, 0.15) is 0 Å². The largest absolute Gasteiger partial charge is 0.348 e. The van der Waals surface area contributed by atoms with E-state index in [1.165, 1.54) is 12.1 Å². The first-order chi connectivity index (χ1) is 12.8. The molecule has 0 radical (unpaired) electrons. The van der Waals surface area contributed by atoms with Crippen LogP contribution in [-0.4, -0.2) is 22.9 Å². The Hall–Kier alpha value is -3.13. The van der Waals surface area contributed by atoms with Gasteiger partial charge in [-0.1, -0.05) is 23.7 Å². The Morgan fingerprint density at radius 2 is 1.81 bits per heavy atom. The lowest BCUT2D eigenvalue weighted by Crippen LogP contribution is -2.34. The van der Waals surface area contributed by atoms with Crippen LogP contribution in [0.3, 0.4) is 0 Å². The normalized spacial score (nSPS) is 10.4. The molecule has 3 N–H and O–H groups in total. The van der Waals surface area contributed by atoms with Crippen molar-refractivity contribution in [2.45, 2.75) is 26.4 Å². The zero-order valence-electron chi connectivity index (χ0n) is 14.8. The summed E-state index contributed by atoms with van der Waals surface area (Å²) >= 11 is 5.94. The van der Waals surface area contributed by atoms with Crippen molar-refractivity contribution in [1.82, 2.24) is 10.6 Å². The Kier molecular flexibility index (Phi) is 6.73. The fourth-order valence-electron chi connectivity index (χ4n) is 2.21. The molecule has 142 valence electrons. The van der Waals surface area contributed by atoms with Crippen LogP contribution in [0.4, 0.5) is 16.2 Å². The second-order valence-electron chi connectivity index (χ2n) is 6.05. The van der Waals surface area contributed by atoms with Gasteiger partial charge in [0.05, 0.1) is 15.5 Å². The van der Waals surface area contributed by atoms with Gasteiger partial charge in [-0.25, -0.2) is 4.79 Å². The third kappa shape index (κ3) is 5.96.